The number of hydrogen-bond acceptors (Lipinski definition) is 4. The minimum Gasteiger partial charge on any atom is -0.387 e. The van der Waals surface area contributed by atoms with Crippen LogP contribution in [0.3, 0.4) is 0 Å². The first-order chi connectivity index (χ1) is 7.65. The molecule has 0 fully saturated rings. The second kappa shape index (κ2) is 5.96. The van der Waals surface area contributed by atoms with E-state index in [1.54, 1.807) is 7.11 Å². The zero-order valence-corrected chi connectivity index (χ0v) is 10.3. The van der Waals surface area contributed by atoms with Crippen molar-refractivity contribution in [3.8, 4) is 0 Å². The molecule has 1 atom stereocenters. The smallest absolute Gasteiger partial charge is 0.138 e. The first-order valence-corrected chi connectivity index (χ1v) is 5.73. The fourth-order valence-electron chi connectivity index (χ4n) is 1.66. The molecule has 0 aliphatic carbocycles. The highest BCUT2D eigenvalue weighted by molar-refractivity contribution is 4.94. The maximum Gasteiger partial charge on any atom is 0.138 e. The highest BCUT2D eigenvalue weighted by Crippen LogP contribution is 2.16. The molecule has 1 aromatic heterocycles. The highest BCUT2D eigenvalue weighted by atomic mass is 16.5. The Morgan fingerprint density at radius 3 is 2.81 bits per heavy atom. The van der Waals surface area contributed by atoms with Crippen LogP contribution in [0.25, 0.3) is 0 Å². The fourth-order valence-corrected chi connectivity index (χ4v) is 1.66. The molecule has 16 heavy (non-hydrogen) atoms. The van der Waals surface area contributed by atoms with Gasteiger partial charge in [-0.2, -0.15) is 5.10 Å². The zero-order chi connectivity index (χ0) is 12.0. The van der Waals surface area contributed by atoms with Gasteiger partial charge in [-0.05, 0) is 12.8 Å². The first-order valence-electron chi connectivity index (χ1n) is 5.73. The summed E-state index contributed by atoms with van der Waals surface area (Å²) in [6.45, 7) is 5.19. The molecule has 92 valence electrons. The third-order valence-corrected chi connectivity index (χ3v) is 2.69. The number of nitrogens with zero attached hydrogens (tertiary/aromatic N) is 3. The van der Waals surface area contributed by atoms with Crippen LogP contribution in [-0.4, -0.2) is 39.2 Å². The lowest BCUT2D eigenvalue weighted by Crippen LogP contribution is -2.37. The number of ether oxygens (including phenoxy) is 1. The normalized spacial score (nSPS) is 15.0. The van der Waals surface area contributed by atoms with E-state index in [9.17, 15) is 5.11 Å². The molecule has 0 spiro atoms. The van der Waals surface area contributed by atoms with E-state index in [1.807, 2.05) is 11.6 Å². The van der Waals surface area contributed by atoms with Crippen LogP contribution in [-0.2, 0) is 17.7 Å². The molecule has 1 unspecified atom stereocenters. The molecule has 0 saturated heterocycles. The summed E-state index contributed by atoms with van der Waals surface area (Å²) >= 11 is 0. The molecule has 5 heteroatoms. The van der Waals surface area contributed by atoms with E-state index >= 15 is 0 Å². The Morgan fingerprint density at radius 1 is 1.50 bits per heavy atom. The number of aryl methyl sites for hydroxylation is 1. The predicted molar refractivity (Wildman–Crippen MR) is 61.1 cm³/mol. The summed E-state index contributed by atoms with van der Waals surface area (Å²) in [4.78, 5) is 4.19. The molecule has 1 N–H and O–H groups in total. The second-order valence-electron chi connectivity index (χ2n) is 4.09. The van der Waals surface area contributed by atoms with Crippen LogP contribution in [0.15, 0.2) is 6.33 Å². The van der Waals surface area contributed by atoms with Crippen molar-refractivity contribution in [2.24, 2.45) is 0 Å². The summed E-state index contributed by atoms with van der Waals surface area (Å²) in [5.41, 5.74) is -0.840. The quantitative estimate of drug-likeness (QED) is 0.755. The molecule has 1 rings (SSSR count). The van der Waals surface area contributed by atoms with E-state index in [0.717, 1.165) is 18.8 Å². The summed E-state index contributed by atoms with van der Waals surface area (Å²) < 4.78 is 6.88. The fraction of sp³-hybridized carbons (Fsp3) is 0.818. The number of hydrogen-bond donors (Lipinski definition) is 1. The van der Waals surface area contributed by atoms with Crippen molar-refractivity contribution in [2.45, 2.75) is 45.3 Å². The van der Waals surface area contributed by atoms with Gasteiger partial charge in [0, 0.05) is 20.1 Å². The van der Waals surface area contributed by atoms with Crippen LogP contribution in [0.2, 0.25) is 0 Å². The van der Waals surface area contributed by atoms with Crippen LogP contribution in [0.1, 0.15) is 32.5 Å². The largest absolute Gasteiger partial charge is 0.387 e. The molecule has 0 aromatic carbocycles. The first kappa shape index (κ1) is 13.1. The molecule has 0 aliphatic heterocycles. The van der Waals surface area contributed by atoms with E-state index in [0.29, 0.717) is 19.4 Å². The van der Waals surface area contributed by atoms with Gasteiger partial charge in [-0.3, -0.25) is 4.68 Å². The third-order valence-electron chi connectivity index (χ3n) is 2.69. The molecular weight excluding hydrogens is 206 g/mol. The van der Waals surface area contributed by atoms with E-state index in [-0.39, 0.29) is 0 Å². The Bertz CT molecular complexity index is 314. The van der Waals surface area contributed by atoms with Gasteiger partial charge in [0.1, 0.15) is 12.2 Å². The van der Waals surface area contributed by atoms with Gasteiger partial charge >= 0.3 is 0 Å². The molecular formula is C11H21N3O2. The molecule has 1 heterocycles. The average molecular weight is 227 g/mol. The summed E-state index contributed by atoms with van der Waals surface area (Å²) in [5.74, 6) is 0.822. The minimum atomic E-state index is -0.840. The minimum absolute atomic E-state index is 0.322. The van der Waals surface area contributed by atoms with Crippen LogP contribution in [0, 0.1) is 0 Å². The molecule has 5 nitrogen and oxygen atoms in total. The van der Waals surface area contributed by atoms with Crippen molar-refractivity contribution < 1.29 is 9.84 Å². The van der Waals surface area contributed by atoms with Crippen LogP contribution in [0.4, 0.5) is 0 Å². The Morgan fingerprint density at radius 2 is 2.25 bits per heavy atom. The Balaban J connectivity index is 2.73. The third kappa shape index (κ3) is 3.28. The Kier molecular flexibility index (Phi) is 4.89. The van der Waals surface area contributed by atoms with E-state index < -0.39 is 5.60 Å². The van der Waals surface area contributed by atoms with Crippen LogP contribution >= 0.6 is 0 Å². The van der Waals surface area contributed by atoms with Crippen molar-refractivity contribution in [1.82, 2.24) is 14.8 Å². The number of aromatic nitrogens is 3. The molecule has 0 radical (unpaired) electrons. The standard InChI is InChI=1S/C11H21N3O2/c1-4-6-14-10(12-9-13-14)7-11(15,5-2)8-16-3/h9,15H,4-8H2,1-3H3. The predicted octanol–water partition coefficient (Wildman–Crippen LogP) is 1.02. The Labute approximate surface area is 96.5 Å². The molecule has 0 amide bonds. The van der Waals surface area contributed by atoms with Gasteiger partial charge in [-0.15, -0.1) is 0 Å². The van der Waals surface area contributed by atoms with Gasteiger partial charge in [-0.1, -0.05) is 13.8 Å². The SMILES string of the molecule is CCCn1ncnc1CC(O)(CC)COC. The molecule has 1 aromatic rings. The number of aliphatic hydroxyl groups is 1. The van der Waals surface area contributed by atoms with Crippen LogP contribution in [0.5, 0.6) is 0 Å². The summed E-state index contributed by atoms with van der Waals surface area (Å²) in [6.07, 6.45) is 3.66. The summed E-state index contributed by atoms with van der Waals surface area (Å²) in [6, 6.07) is 0. The van der Waals surface area contributed by atoms with Crippen LogP contribution < -0.4 is 0 Å². The molecule has 0 aliphatic rings. The van der Waals surface area contributed by atoms with E-state index in [1.165, 1.54) is 6.33 Å². The molecule has 0 bridgehead atoms. The van der Waals surface area contributed by atoms with Crippen molar-refractivity contribution in [1.29, 1.82) is 0 Å². The molecule has 0 saturated carbocycles. The van der Waals surface area contributed by atoms with E-state index in [2.05, 4.69) is 17.0 Å². The van der Waals surface area contributed by atoms with E-state index in [4.69, 9.17) is 4.74 Å². The topological polar surface area (TPSA) is 60.2 Å². The maximum absolute atomic E-state index is 10.3. The average Bonchev–Trinajstić information content (AvgIpc) is 2.67. The van der Waals surface area contributed by atoms with Crippen molar-refractivity contribution in [3.05, 3.63) is 12.2 Å². The lowest BCUT2D eigenvalue weighted by molar-refractivity contribution is -0.0352. The lowest BCUT2D eigenvalue weighted by Gasteiger charge is -2.25. The second-order valence-corrected chi connectivity index (χ2v) is 4.09. The number of rotatable bonds is 7. The summed E-state index contributed by atoms with van der Waals surface area (Å²) in [5, 5.41) is 14.4. The zero-order valence-electron chi connectivity index (χ0n) is 10.3. The van der Waals surface area contributed by atoms with Crippen molar-refractivity contribution in [2.75, 3.05) is 13.7 Å². The monoisotopic (exact) mass is 227 g/mol. The maximum atomic E-state index is 10.3. The lowest BCUT2D eigenvalue weighted by atomic mass is 9.97. The van der Waals surface area contributed by atoms with Gasteiger partial charge in [0.2, 0.25) is 0 Å². The van der Waals surface area contributed by atoms with Gasteiger partial charge in [0.15, 0.2) is 0 Å². The van der Waals surface area contributed by atoms with Crippen molar-refractivity contribution in [3.63, 3.8) is 0 Å². The van der Waals surface area contributed by atoms with Crippen molar-refractivity contribution >= 4 is 0 Å². The van der Waals surface area contributed by atoms with Gasteiger partial charge in [-0.25, -0.2) is 4.98 Å². The highest BCUT2D eigenvalue weighted by Gasteiger charge is 2.27. The summed E-state index contributed by atoms with van der Waals surface area (Å²) in [7, 11) is 1.59. The van der Waals surface area contributed by atoms with Gasteiger partial charge in [0.25, 0.3) is 0 Å². The van der Waals surface area contributed by atoms with Gasteiger partial charge in [0.05, 0.1) is 12.2 Å². The number of methoxy groups -OCH3 is 1. The van der Waals surface area contributed by atoms with Gasteiger partial charge < -0.3 is 9.84 Å². The Hall–Kier alpha value is -0.940.